The summed E-state index contributed by atoms with van der Waals surface area (Å²) in [4.78, 5) is 56.4. The maximum Gasteiger partial charge on any atom is 0.281 e. The van der Waals surface area contributed by atoms with Gasteiger partial charge in [0.15, 0.2) is 17.3 Å². The van der Waals surface area contributed by atoms with Gasteiger partial charge in [-0.3, -0.25) is 33.8 Å². The second-order valence-electron chi connectivity index (χ2n) is 15.1. The molecule has 53 heavy (non-hydrogen) atoms. The van der Waals surface area contributed by atoms with Gasteiger partial charge in [0, 0.05) is 19.1 Å². The highest BCUT2D eigenvalue weighted by atomic mass is 79.9. The zero-order chi connectivity index (χ0) is 36.4. The number of rotatable bonds is 7. The van der Waals surface area contributed by atoms with Gasteiger partial charge >= 0.3 is 0 Å². The lowest BCUT2D eigenvalue weighted by Crippen LogP contribution is -2.53. The summed E-state index contributed by atoms with van der Waals surface area (Å²) in [5, 5.41) is 3.74. The summed E-state index contributed by atoms with van der Waals surface area (Å²) in [6.45, 7) is 5.80. The molecule has 3 aromatic rings. The molecule has 4 aliphatic heterocycles. The highest BCUT2D eigenvalue weighted by Crippen LogP contribution is 2.43. The van der Waals surface area contributed by atoms with Crippen molar-refractivity contribution in [1.82, 2.24) is 29.3 Å². The van der Waals surface area contributed by atoms with Crippen LogP contribution < -0.4 is 19.9 Å². The van der Waals surface area contributed by atoms with E-state index in [1.54, 1.807) is 18.3 Å². The Hall–Kier alpha value is -4.40. The molecule has 1 aromatic carbocycles. The average molecular weight is 787 g/mol. The predicted octanol–water partition coefficient (Wildman–Crippen LogP) is 6.00. The number of methoxy groups -OCH3 is 1. The minimum Gasteiger partial charge on any atom is -0.496 e. The van der Waals surface area contributed by atoms with Gasteiger partial charge in [0.2, 0.25) is 17.9 Å². The molecule has 3 aliphatic carbocycles. The van der Waals surface area contributed by atoms with Crippen molar-refractivity contribution in [2.24, 2.45) is 9.98 Å². The van der Waals surface area contributed by atoms with Crippen LogP contribution >= 0.6 is 15.9 Å². The minimum absolute atomic E-state index is 0.00533. The first kappa shape index (κ1) is 34.4. The Bertz CT molecular complexity index is 1980. The van der Waals surface area contributed by atoms with Crippen LogP contribution in [0.2, 0.25) is 0 Å². The first-order valence-corrected chi connectivity index (χ1v) is 20.3. The van der Waals surface area contributed by atoms with Gasteiger partial charge in [-0.25, -0.2) is 15.0 Å². The van der Waals surface area contributed by atoms with Gasteiger partial charge in [0.1, 0.15) is 11.4 Å². The van der Waals surface area contributed by atoms with Crippen LogP contribution in [0.15, 0.2) is 39.0 Å². The highest BCUT2D eigenvalue weighted by Gasteiger charge is 2.50. The van der Waals surface area contributed by atoms with E-state index in [0.29, 0.717) is 55.2 Å². The highest BCUT2D eigenvalue weighted by molar-refractivity contribution is 9.10. The number of aromatic nitrogens is 4. The van der Waals surface area contributed by atoms with Crippen molar-refractivity contribution in [2.45, 2.75) is 121 Å². The fraction of sp³-hybridized carbons (Fsp3) is 0.579. The third-order valence-corrected chi connectivity index (χ3v) is 12.7. The normalized spacial score (nSPS) is 25.6. The number of aromatic amines is 1. The van der Waals surface area contributed by atoms with Crippen LogP contribution in [0, 0.1) is 0 Å². The second-order valence-corrected chi connectivity index (χ2v) is 15.9. The number of halogens is 1. The minimum atomic E-state index is -0.0139. The Morgan fingerprint density at radius 1 is 0.849 bits per heavy atom. The van der Waals surface area contributed by atoms with Crippen LogP contribution in [0.1, 0.15) is 111 Å². The van der Waals surface area contributed by atoms with E-state index in [0.717, 1.165) is 83.8 Å². The summed E-state index contributed by atoms with van der Waals surface area (Å²) in [6.07, 6.45) is 14.5. The molecular formula is C38H48BrN11O3. The molecule has 0 bridgehead atoms. The number of hydrogen-bond acceptors (Lipinski definition) is 10. The van der Waals surface area contributed by atoms with E-state index in [2.05, 4.69) is 57.7 Å². The van der Waals surface area contributed by atoms with Crippen molar-refractivity contribution < 1.29 is 14.3 Å². The lowest BCUT2D eigenvalue weighted by atomic mass is 9.96. The summed E-state index contributed by atoms with van der Waals surface area (Å²) in [5.74, 6) is 4.70. The number of imidazole rings is 2. The van der Waals surface area contributed by atoms with Crippen molar-refractivity contribution in [3.63, 3.8) is 0 Å². The van der Waals surface area contributed by atoms with E-state index in [9.17, 15) is 9.59 Å². The Morgan fingerprint density at radius 3 is 2.15 bits per heavy atom. The van der Waals surface area contributed by atoms with E-state index in [4.69, 9.17) is 19.7 Å². The van der Waals surface area contributed by atoms with Gasteiger partial charge in [0.25, 0.3) is 11.8 Å². The zero-order valence-electron chi connectivity index (χ0n) is 30.7. The molecule has 10 rings (SSSR count). The smallest absolute Gasteiger partial charge is 0.281 e. The molecule has 15 heteroatoms. The van der Waals surface area contributed by atoms with Gasteiger partial charge in [-0.2, -0.15) is 4.98 Å². The van der Waals surface area contributed by atoms with Crippen molar-refractivity contribution in [3.05, 3.63) is 46.0 Å². The van der Waals surface area contributed by atoms with Gasteiger partial charge < -0.3 is 15.0 Å². The first-order chi connectivity index (χ1) is 25.9. The van der Waals surface area contributed by atoms with Crippen LogP contribution in [0.25, 0.3) is 0 Å². The number of fused-ring (bicyclic) bond motifs is 10. The summed E-state index contributed by atoms with van der Waals surface area (Å²) >= 11 is 3.62. The molecule has 0 radical (unpaired) electrons. The Balaban J connectivity index is 0.000000172. The first-order valence-electron chi connectivity index (χ1n) is 19.5. The summed E-state index contributed by atoms with van der Waals surface area (Å²) in [7, 11) is 1.67. The van der Waals surface area contributed by atoms with Crippen LogP contribution in [-0.2, 0) is 6.54 Å². The number of ether oxygens (including phenoxy) is 1. The van der Waals surface area contributed by atoms with Gasteiger partial charge in [-0.15, -0.1) is 0 Å². The molecule has 0 saturated heterocycles. The molecular weight excluding hydrogens is 738 g/mol. The quantitative estimate of drug-likeness (QED) is 0.298. The fourth-order valence-electron chi connectivity index (χ4n) is 9.51. The number of guanidine groups is 2. The molecule has 3 fully saturated rings. The second kappa shape index (κ2) is 13.8. The lowest BCUT2D eigenvalue weighted by molar-refractivity contribution is 0.0829. The largest absolute Gasteiger partial charge is 0.496 e. The molecule has 3 saturated carbocycles. The van der Waals surface area contributed by atoms with E-state index < -0.39 is 0 Å². The van der Waals surface area contributed by atoms with Gasteiger partial charge in [-0.05, 0) is 98.8 Å². The van der Waals surface area contributed by atoms with E-state index in [-0.39, 0.29) is 17.9 Å². The third-order valence-electron chi connectivity index (χ3n) is 12.1. The third kappa shape index (κ3) is 5.63. The molecule has 2 amide bonds. The number of carbonyl (C=O) groups is 2. The molecule has 2 aromatic heterocycles. The van der Waals surface area contributed by atoms with Crippen LogP contribution in [-0.4, -0.2) is 103 Å². The predicted molar refractivity (Wildman–Crippen MR) is 207 cm³/mol. The summed E-state index contributed by atoms with van der Waals surface area (Å²) in [5.41, 5.74) is 2.35. The topological polar surface area (TPSA) is 140 Å². The molecule has 2 N–H and O–H groups in total. The number of amides is 2. The number of hydrogen-bond donors (Lipinski definition) is 2. The zero-order valence-corrected chi connectivity index (χ0v) is 32.3. The van der Waals surface area contributed by atoms with Crippen LogP contribution in [0.3, 0.4) is 0 Å². The van der Waals surface area contributed by atoms with Crippen molar-refractivity contribution in [3.8, 4) is 5.75 Å². The van der Waals surface area contributed by atoms with Gasteiger partial charge in [0.05, 0.1) is 48.6 Å². The summed E-state index contributed by atoms with van der Waals surface area (Å²) < 4.78 is 8.42. The number of benzene rings is 1. The molecule has 4 atom stereocenters. The van der Waals surface area contributed by atoms with Crippen LogP contribution in [0.5, 0.6) is 5.75 Å². The SMILES string of the molecule is CCN1C(=O)c2[nH]cnc2N2C1=N[C@@H]1CCC[C@@H]12.CCN1C(=O)c2c(nc(NC3CCCCC3)n2Cc2ccc(OC)c(Br)c2)N2C1=N[C@@H]1CCC[C@@H]12. The molecule has 14 nitrogen and oxygen atoms in total. The maximum atomic E-state index is 13.9. The van der Waals surface area contributed by atoms with Crippen molar-refractivity contribution in [1.29, 1.82) is 0 Å². The van der Waals surface area contributed by atoms with Gasteiger partial charge in [-0.1, -0.05) is 25.3 Å². The fourth-order valence-corrected chi connectivity index (χ4v) is 10.1. The number of nitrogens with zero attached hydrogens (tertiary/aromatic N) is 9. The standard InChI is InChI=1S/C26H33BrN6O2.C12H15N5O/c1-3-31-24(34)22-23(33-20-11-7-10-19(20)29-26(31)33)30-25(28-17-8-5-4-6-9-17)32(22)15-16-12-13-21(35-2)18(27)14-16;1-2-16-11(18)9-10(14-6-13-9)17-8-5-3-4-7(8)15-12(16)17/h12-14,17,19-20H,3-11,15H2,1-2H3,(H,28,30);6-8H,2-5H2,1H3,(H,13,14)/t19-,20+;7-,8+/m11/s1. The molecule has 0 spiro atoms. The summed E-state index contributed by atoms with van der Waals surface area (Å²) in [6, 6.07) is 7.76. The van der Waals surface area contributed by atoms with E-state index >= 15 is 0 Å². The Morgan fingerprint density at radius 2 is 1.51 bits per heavy atom. The van der Waals surface area contributed by atoms with E-state index in [1.165, 1.54) is 32.1 Å². The number of aliphatic imine (C=N–C) groups is 2. The van der Waals surface area contributed by atoms with Crippen molar-refractivity contribution >= 4 is 57.2 Å². The molecule has 280 valence electrons. The lowest BCUT2D eigenvalue weighted by Gasteiger charge is -2.35. The number of anilines is 3. The van der Waals surface area contributed by atoms with Crippen LogP contribution in [0.4, 0.5) is 17.6 Å². The average Bonchev–Trinajstić information content (AvgIpc) is 4.01. The molecule has 7 aliphatic rings. The number of H-pyrrole nitrogens is 1. The number of carbonyl (C=O) groups excluding carboxylic acids is 2. The molecule has 6 heterocycles. The maximum absolute atomic E-state index is 13.9. The number of nitrogens with one attached hydrogen (secondary N) is 2. The molecule has 0 unspecified atom stereocenters. The monoisotopic (exact) mass is 785 g/mol. The van der Waals surface area contributed by atoms with E-state index in [1.807, 2.05) is 24.8 Å². The van der Waals surface area contributed by atoms with Crippen molar-refractivity contribution in [2.75, 3.05) is 35.3 Å². The Labute approximate surface area is 318 Å². The Kier molecular flexibility index (Phi) is 8.94.